The van der Waals surface area contributed by atoms with Crippen LogP contribution in [-0.2, 0) is 0 Å². The average Bonchev–Trinajstić information content (AvgIpc) is 2.58. The van der Waals surface area contributed by atoms with Crippen LogP contribution < -0.4 is 0 Å². The molecule has 1 atom stereocenters. The molecule has 0 spiro atoms. The Morgan fingerprint density at radius 1 is 1.12 bits per heavy atom. The first-order valence-electron chi connectivity index (χ1n) is 4.53. The number of rotatable bonds is 2. The van der Waals surface area contributed by atoms with E-state index in [2.05, 4.69) is 31.9 Å². The molecule has 1 aromatic heterocycles. The van der Waals surface area contributed by atoms with Crippen LogP contribution in [0.4, 0.5) is 0 Å². The average molecular weight is 435 g/mol. The van der Waals surface area contributed by atoms with Gasteiger partial charge in [-0.25, -0.2) is 0 Å². The molecule has 2 rings (SSSR count). The summed E-state index contributed by atoms with van der Waals surface area (Å²) in [4.78, 5) is 1.02. The summed E-state index contributed by atoms with van der Waals surface area (Å²) in [6.07, 6.45) is 0. The number of benzene rings is 1. The van der Waals surface area contributed by atoms with Gasteiger partial charge in [-0.1, -0.05) is 29.3 Å². The Bertz CT molecular complexity index is 534. The van der Waals surface area contributed by atoms with E-state index >= 15 is 0 Å². The van der Waals surface area contributed by atoms with Crippen molar-refractivity contribution in [1.29, 1.82) is 0 Å². The second-order valence-corrected chi connectivity index (χ2v) is 7.83. The third-order valence-electron chi connectivity index (χ3n) is 2.15. The molecule has 0 amide bonds. The van der Waals surface area contributed by atoms with Crippen LogP contribution in [0.2, 0.25) is 10.0 Å². The van der Waals surface area contributed by atoms with Crippen molar-refractivity contribution in [3.63, 3.8) is 0 Å². The van der Waals surface area contributed by atoms with Gasteiger partial charge in [-0.3, -0.25) is 0 Å². The van der Waals surface area contributed by atoms with Crippen LogP contribution in [0.25, 0.3) is 0 Å². The van der Waals surface area contributed by atoms with Crippen molar-refractivity contribution >= 4 is 78.0 Å². The molecule has 0 bridgehead atoms. The van der Waals surface area contributed by atoms with E-state index in [-0.39, 0.29) is 5.38 Å². The molecule has 1 heterocycles. The van der Waals surface area contributed by atoms with Crippen LogP contribution in [0.15, 0.2) is 32.5 Å². The first-order valence-corrected chi connectivity index (χ1v) is 8.12. The molecule has 0 nitrogen and oxygen atoms in total. The maximum Gasteiger partial charge on any atom is 0.0942 e. The third kappa shape index (κ3) is 3.20. The molecule has 6 heteroatoms. The van der Waals surface area contributed by atoms with Gasteiger partial charge in [0, 0.05) is 19.4 Å². The summed E-state index contributed by atoms with van der Waals surface area (Å²) in [5.74, 6) is 0. The van der Waals surface area contributed by atoms with Gasteiger partial charge < -0.3 is 0 Å². The largest absolute Gasteiger partial charge is 0.130 e. The highest BCUT2D eigenvalue weighted by atomic mass is 79.9. The Kier molecular flexibility index (Phi) is 4.84. The minimum absolute atomic E-state index is 0.271. The second kappa shape index (κ2) is 5.81. The molecule has 1 unspecified atom stereocenters. The van der Waals surface area contributed by atoms with E-state index in [9.17, 15) is 0 Å². The standard InChI is InChI=1S/C11H5Br2Cl3S/c12-7-4-9(17-11(7)13)10(16)6-2-1-5(14)3-8(6)15/h1-4,10H. The fourth-order valence-corrected chi connectivity index (χ4v) is 4.40. The van der Waals surface area contributed by atoms with Gasteiger partial charge >= 0.3 is 0 Å². The van der Waals surface area contributed by atoms with Gasteiger partial charge in [0.1, 0.15) is 0 Å². The molecule has 0 saturated heterocycles. The quantitative estimate of drug-likeness (QED) is 0.450. The Hall–Kier alpha value is 0.750. The van der Waals surface area contributed by atoms with Crippen molar-refractivity contribution in [2.75, 3.05) is 0 Å². The van der Waals surface area contributed by atoms with Gasteiger partial charge in [0.05, 0.1) is 9.16 Å². The predicted octanol–water partition coefficient (Wildman–Crippen LogP) is 6.91. The number of thiophene rings is 1. The Balaban J connectivity index is 2.39. The fourth-order valence-electron chi connectivity index (χ4n) is 1.35. The van der Waals surface area contributed by atoms with E-state index in [1.807, 2.05) is 12.1 Å². The highest BCUT2D eigenvalue weighted by Gasteiger charge is 2.18. The normalized spacial score (nSPS) is 12.8. The summed E-state index contributed by atoms with van der Waals surface area (Å²) in [5, 5.41) is 0.918. The Morgan fingerprint density at radius 3 is 2.35 bits per heavy atom. The van der Waals surface area contributed by atoms with Crippen molar-refractivity contribution in [2.24, 2.45) is 0 Å². The maximum absolute atomic E-state index is 6.42. The summed E-state index contributed by atoms with van der Waals surface area (Å²) in [6, 6.07) is 7.32. The van der Waals surface area contributed by atoms with E-state index < -0.39 is 0 Å². The molecule has 1 aromatic carbocycles. The maximum atomic E-state index is 6.42. The van der Waals surface area contributed by atoms with Gasteiger partial charge in [-0.15, -0.1) is 22.9 Å². The molecule has 0 fully saturated rings. The smallest absolute Gasteiger partial charge is 0.0942 e. The first kappa shape index (κ1) is 14.2. The van der Waals surface area contributed by atoms with E-state index in [0.717, 1.165) is 18.7 Å². The fraction of sp³-hybridized carbons (Fsp3) is 0.0909. The van der Waals surface area contributed by atoms with Crippen LogP contribution in [0, 0.1) is 0 Å². The zero-order valence-corrected chi connectivity index (χ0v) is 14.4. The molecule has 0 N–H and O–H groups in total. The van der Waals surface area contributed by atoms with Gasteiger partial charge in [0.15, 0.2) is 0 Å². The SMILES string of the molecule is Clc1ccc(C(Cl)c2cc(Br)c(Br)s2)c(Cl)c1. The molecule has 90 valence electrons. The summed E-state index contributed by atoms with van der Waals surface area (Å²) < 4.78 is 2.01. The zero-order valence-electron chi connectivity index (χ0n) is 8.18. The van der Waals surface area contributed by atoms with Crippen molar-refractivity contribution in [3.8, 4) is 0 Å². The number of hydrogen-bond acceptors (Lipinski definition) is 1. The topological polar surface area (TPSA) is 0 Å². The lowest BCUT2D eigenvalue weighted by Gasteiger charge is -2.09. The van der Waals surface area contributed by atoms with E-state index in [0.29, 0.717) is 10.0 Å². The van der Waals surface area contributed by atoms with Crippen molar-refractivity contribution in [1.82, 2.24) is 0 Å². The van der Waals surface area contributed by atoms with Gasteiger partial charge in [-0.2, -0.15) is 0 Å². The van der Waals surface area contributed by atoms with Crippen LogP contribution in [-0.4, -0.2) is 0 Å². The lowest BCUT2D eigenvalue weighted by atomic mass is 10.1. The molecule has 0 aliphatic heterocycles. The van der Waals surface area contributed by atoms with Crippen molar-refractivity contribution in [2.45, 2.75) is 5.38 Å². The van der Waals surface area contributed by atoms with Crippen molar-refractivity contribution in [3.05, 3.63) is 53.0 Å². The minimum Gasteiger partial charge on any atom is -0.130 e. The summed E-state index contributed by atoms with van der Waals surface area (Å²) in [6.45, 7) is 0. The lowest BCUT2D eigenvalue weighted by Crippen LogP contribution is -1.91. The van der Waals surface area contributed by atoms with Crippen LogP contribution in [0.1, 0.15) is 15.8 Å². The molecule has 0 aliphatic carbocycles. The first-order chi connectivity index (χ1) is 7.99. The molecular formula is C11H5Br2Cl3S. The molecule has 0 radical (unpaired) electrons. The number of hydrogen-bond donors (Lipinski definition) is 0. The predicted molar refractivity (Wildman–Crippen MR) is 83.9 cm³/mol. The number of halogens is 5. The van der Waals surface area contributed by atoms with E-state index in [1.165, 1.54) is 0 Å². The van der Waals surface area contributed by atoms with E-state index in [4.69, 9.17) is 34.8 Å². The third-order valence-corrected chi connectivity index (χ3v) is 6.63. The molecule has 2 aromatic rings. The Morgan fingerprint density at radius 2 is 1.82 bits per heavy atom. The molecule has 17 heavy (non-hydrogen) atoms. The minimum atomic E-state index is -0.271. The number of alkyl halides is 1. The second-order valence-electron chi connectivity index (χ2n) is 3.30. The van der Waals surface area contributed by atoms with Gasteiger partial charge in [0.25, 0.3) is 0 Å². The van der Waals surface area contributed by atoms with Crippen LogP contribution in [0.5, 0.6) is 0 Å². The zero-order chi connectivity index (χ0) is 12.6. The summed E-state index contributed by atoms with van der Waals surface area (Å²) >= 11 is 26.9. The van der Waals surface area contributed by atoms with Crippen LogP contribution >= 0.6 is 78.0 Å². The Labute approximate surface area is 135 Å². The lowest BCUT2D eigenvalue weighted by molar-refractivity contribution is 1.18. The molecular weight excluding hydrogens is 430 g/mol. The van der Waals surface area contributed by atoms with Crippen molar-refractivity contribution < 1.29 is 0 Å². The summed E-state index contributed by atoms with van der Waals surface area (Å²) in [5.41, 5.74) is 0.860. The van der Waals surface area contributed by atoms with Gasteiger partial charge in [-0.05, 0) is 55.6 Å². The molecule has 0 aliphatic rings. The summed E-state index contributed by atoms with van der Waals surface area (Å²) in [7, 11) is 0. The monoisotopic (exact) mass is 432 g/mol. The van der Waals surface area contributed by atoms with Crippen LogP contribution in [0.3, 0.4) is 0 Å². The van der Waals surface area contributed by atoms with E-state index in [1.54, 1.807) is 23.5 Å². The highest BCUT2D eigenvalue weighted by molar-refractivity contribution is 9.13. The molecule has 0 saturated carbocycles. The highest BCUT2D eigenvalue weighted by Crippen LogP contribution is 2.42. The van der Waals surface area contributed by atoms with Gasteiger partial charge in [0.2, 0.25) is 0 Å².